The molecule has 0 fully saturated rings. The molecule has 1 aromatic heterocycles. The van der Waals surface area contributed by atoms with Crippen LogP contribution in [0.3, 0.4) is 0 Å². The monoisotopic (exact) mass is 636 g/mol. The third kappa shape index (κ3) is 4.71. The van der Waals surface area contributed by atoms with Crippen molar-refractivity contribution in [3.05, 3.63) is 181 Å². The van der Waals surface area contributed by atoms with Gasteiger partial charge in [0.1, 0.15) is 17.0 Å². The van der Waals surface area contributed by atoms with Gasteiger partial charge in [0.05, 0.1) is 11.4 Å². The van der Waals surface area contributed by atoms with E-state index in [0.717, 1.165) is 55.8 Å². The molecule has 0 N–H and O–H groups in total. The number of rotatable bonds is 5. The van der Waals surface area contributed by atoms with Crippen LogP contribution in [0, 0.1) is 5.82 Å². The minimum absolute atomic E-state index is 0.152. The van der Waals surface area contributed by atoms with Gasteiger partial charge in [-0.05, 0) is 89.5 Å². The fraction of sp³-hybridized carbons (Fsp3) is 0.0667. The van der Waals surface area contributed by atoms with E-state index in [0.29, 0.717) is 0 Å². The molecule has 0 saturated carbocycles. The maximum Gasteiger partial charge on any atom is 0.143 e. The molecule has 236 valence electrons. The summed E-state index contributed by atoms with van der Waals surface area (Å²) in [4.78, 5) is 4.47. The Kier molecular flexibility index (Phi) is 6.66. The van der Waals surface area contributed by atoms with Gasteiger partial charge in [-0.15, -0.1) is 0 Å². The zero-order chi connectivity index (χ0) is 33.1. The molecule has 0 spiro atoms. The van der Waals surface area contributed by atoms with Crippen molar-refractivity contribution in [2.45, 2.75) is 19.3 Å². The molecule has 3 nitrogen and oxygen atoms in total. The molecule has 7 aromatic carbocycles. The highest BCUT2D eigenvalue weighted by atomic mass is 19.1. The van der Waals surface area contributed by atoms with Crippen LogP contribution in [0.5, 0.6) is 0 Å². The smallest absolute Gasteiger partial charge is 0.143 e. The molecule has 0 saturated heterocycles. The van der Waals surface area contributed by atoms with E-state index in [1.165, 1.54) is 28.6 Å². The predicted octanol–water partition coefficient (Wildman–Crippen LogP) is 13.0. The molecule has 0 radical (unpaired) electrons. The number of fused-ring (bicyclic) bond motifs is 5. The van der Waals surface area contributed by atoms with E-state index in [-0.39, 0.29) is 11.2 Å². The lowest BCUT2D eigenvalue weighted by Gasteiger charge is -2.42. The lowest BCUT2D eigenvalue weighted by atomic mass is 9.73. The summed E-state index contributed by atoms with van der Waals surface area (Å²) in [6, 6.07) is 55.5. The molecule has 1 aliphatic heterocycles. The van der Waals surface area contributed by atoms with Gasteiger partial charge in [-0.2, -0.15) is 0 Å². The van der Waals surface area contributed by atoms with Crippen LogP contribution in [0.4, 0.5) is 38.5 Å². The van der Waals surface area contributed by atoms with E-state index in [1.807, 2.05) is 48.5 Å². The zero-order valence-electron chi connectivity index (χ0n) is 27.3. The highest BCUT2D eigenvalue weighted by Gasteiger charge is 2.36. The molecule has 2 heterocycles. The standard InChI is InChI=1S/C45H33FN2O/c1-45(2)39-18-7-9-20-41(39)48(42-21-10-8-19-40(42)45)35-28-37(44-38(29-35)36-17-6-11-22-43(36)49-44)30-23-25-33(26-24-30)47(32-14-4-3-5-15-32)34-16-12-13-31(46)27-34/h3-29H,1-2H3. The topological polar surface area (TPSA) is 19.6 Å². The number of hydrogen-bond donors (Lipinski definition) is 0. The number of nitrogens with zero attached hydrogens (tertiary/aromatic N) is 2. The minimum Gasteiger partial charge on any atom is -0.455 e. The maximum atomic E-state index is 14.5. The molecule has 9 rings (SSSR count). The Labute approximate surface area is 285 Å². The molecular weight excluding hydrogens is 604 g/mol. The van der Waals surface area contributed by atoms with Crippen molar-refractivity contribution in [1.82, 2.24) is 0 Å². The summed E-state index contributed by atoms with van der Waals surface area (Å²) < 4.78 is 21.1. The van der Waals surface area contributed by atoms with Gasteiger partial charge in [-0.1, -0.05) is 105 Å². The third-order valence-electron chi connectivity index (χ3n) is 9.88. The average Bonchev–Trinajstić information content (AvgIpc) is 3.51. The molecule has 0 bridgehead atoms. The van der Waals surface area contributed by atoms with Crippen LogP contribution in [-0.2, 0) is 5.41 Å². The molecule has 0 atom stereocenters. The van der Waals surface area contributed by atoms with Crippen molar-refractivity contribution in [3.8, 4) is 11.1 Å². The molecule has 49 heavy (non-hydrogen) atoms. The van der Waals surface area contributed by atoms with Crippen molar-refractivity contribution in [2.75, 3.05) is 9.80 Å². The average molecular weight is 637 g/mol. The Bertz CT molecular complexity index is 2450. The first-order valence-electron chi connectivity index (χ1n) is 16.6. The fourth-order valence-electron chi connectivity index (χ4n) is 7.53. The first-order valence-corrected chi connectivity index (χ1v) is 16.6. The number of furan rings is 1. The van der Waals surface area contributed by atoms with Crippen LogP contribution >= 0.6 is 0 Å². The van der Waals surface area contributed by atoms with Crippen molar-refractivity contribution < 1.29 is 8.81 Å². The molecule has 8 aromatic rings. The second kappa shape index (κ2) is 11.2. The van der Waals surface area contributed by atoms with Crippen molar-refractivity contribution >= 4 is 56.1 Å². The number of hydrogen-bond acceptors (Lipinski definition) is 3. The number of benzene rings is 7. The Morgan fingerprint density at radius 1 is 0.551 bits per heavy atom. The summed E-state index contributed by atoms with van der Waals surface area (Å²) in [5.41, 5.74) is 12.2. The predicted molar refractivity (Wildman–Crippen MR) is 201 cm³/mol. The highest BCUT2D eigenvalue weighted by Crippen LogP contribution is 2.53. The Hall–Kier alpha value is -6.13. The Balaban J connectivity index is 1.25. The van der Waals surface area contributed by atoms with Crippen LogP contribution in [-0.4, -0.2) is 0 Å². The van der Waals surface area contributed by atoms with Gasteiger partial charge in [0.25, 0.3) is 0 Å². The van der Waals surface area contributed by atoms with Gasteiger partial charge in [0.15, 0.2) is 0 Å². The van der Waals surface area contributed by atoms with Gasteiger partial charge >= 0.3 is 0 Å². The van der Waals surface area contributed by atoms with Crippen molar-refractivity contribution in [1.29, 1.82) is 0 Å². The van der Waals surface area contributed by atoms with E-state index < -0.39 is 0 Å². The summed E-state index contributed by atoms with van der Waals surface area (Å²) in [6.45, 7) is 4.62. The summed E-state index contributed by atoms with van der Waals surface area (Å²) in [5, 5.41) is 2.15. The number of para-hydroxylation sites is 4. The van der Waals surface area contributed by atoms with Gasteiger partial charge in [0, 0.05) is 44.5 Å². The second-order valence-electron chi connectivity index (χ2n) is 13.2. The quantitative estimate of drug-likeness (QED) is 0.187. The first kappa shape index (κ1) is 29.0. The lowest BCUT2D eigenvalue weighted by molar-refractivity contribution is 0.628. The van der Waals surface area contributed by atoms with Crippen molar-refractivity contribution in [3.63, 3.8) is 0 Å². The van der Waals surface area contributed by atoms with Gasteiger partial charge in [0.2, 0.25) is 0 Å². The molecular formula is C45H33FN2O. The van der Waals surface area contributed by atoms with Crippen LogP contribution in [0.25, 0.3) is 33.1 Å². The van der Waals surface area contributed by atoms with E-state index in [4.69, 9.17) is 4.42 Å². The second-order valence-corrected chi connectivity index (χ2v) is 13.2. The molecule has 0 aliphatic carbocycles. The van der Waals surface area contributed by atoms with Gasteiger partial charge in [-0.3, -0.25) is 0 Å². The zero-order valence-corrected chi connectivity index (χ0v) is 27.3. The summed E-state index contributed by atoms with van der Waals surface area (Å²) in [5.74, 6) is -0.275. The maximum absolute atomic E-state index is 14.5. The van der Waals surface area contributed by atoms with E-state index in [1.54, 1.807) is 12.1 Å². The van der Waals surface area contributed by atoms with Crippen molar-refractivity contribution in [2.24, 2.45) is 0 Å². The first-order chi connectivity index (χ1) is 24.0. The summed E-state index contributed by atoms with van der Waals surface area (Å²) in [6.07, 6.45) is 0. The van der Waals surface area contributed by atoms with Crippen LogP contribution in [0.2, 0.25) is 0 Å². The largest absolute Gasteiger partial charge is 0.455 e. The van der Waals surface area contributed by atoms with Crippen LogP contribution in [0.1, 0.15) is 25.0 Å². The Morgan fingerprint density at radius 3 is 1.88 bits per heavy atom. The molecule has 0 unspecified atom stereocenters. The van der Waals surface area contributed by atoms with E-state index >= 15 is 0 Å². The third-order valence-corrected chi connectivity index (χ3v) is 9.88. The van der Waals surface area contributed by atoms with Gasteiger partial charge in [-0.25, -0.2) is 4.39 Å². The molecule has 1 aliphatic rings. The minimum atomic E-state index is -0.275. The molecule has 0 amide bonds. The number of halogens is 1. The fourth-order valence-corrected chi connectivity index (χ4v) is 7.53. The normalized spacial score (nSPS) is 13.3. The SMILES string of the molecule is CC1(C)c2ccccc2N(c2cc(-c3ccc(N(c4ccccc4)c4cccc(F)c4)cc3)c3oc4ccccc4c3c2)c2ccccc21. The highest BCUT2D eigenvalue weighted by molar-refractivity contribution is 6.12. The number of anilines is 6. The summed E-state index contributed by atoms with van der Waals surface area (Å²) in [7, 11) is 0. The molecule has 4 heteroatoms. The van der Waals surface area contributed by atoms with Gasteiger partial charge < -0.3 is 14.2 Å². The van der Waals surface area contributed by atoms with Crippen LogP contribution in [0.15, 0.2) is 168 Å². The Morgan fingerprint density at radius 2 is 1.16 bits per heavy atom. The van der Waals surface area contributed by atoms with E-state index in [9.17, 15) is 4.39 Å². The van der Waals surface area contributed by atoms with E-state index in [2.05, 4.69) is 121 Å². The lowest BCUT2D eigenvalue weighted by Crippen LogP contribution is -2.30. The summed E-state index contributed by atoms with van der Waals surface area (Å²) >= 11 is 0. The van der Waals surface area contributed by atoms with Crippen LogP contribution < -0.4 is 9.80 Å².